The molecule has 160 valence electrons. The summed E-state index contributed by atoms with van der Waals surface area (Å²) in [4.78, 5) is 32.3. The van der Waals surface area contributed by atoms with E-state index >= 15 is 0 Å². The molecule has 1 aliphatic rings. The molecule has 1 aliphatic heterocycles. The minimum Gasteiger partial charge on any atom is -0.375 e. The fourth-order valence-corrected chi connectivity index (χ4v) is 4.10. The topological polar surface area (TPSA) is 110 Å². The van der Waals surface area contributed by atoms with Crippen LogP contribution in [0.5, 0.6) is 0 Å². The van der Waals surface area contributed by atoms with E-state index in [2.05, 4.69) is 15.3 Å². The number of fused-ring (bicyclic) bond motifs is 1. The van der Waals surface area contributed by atoms with Crippen LogP contribution in [0.25, 0.3) is 11.4 Å². The van der Waals surface area contributed by atoms with E-state index in [1.807, 2.05) is 12.1 Å². The Kier molecular flexibility index (Phi) is 5.20. The highest BCUT2D eigenvalue weighted by Crippen LogP contribution is 2.30. The molecule has 0 spiro atoms. The standard InChI is InChI=1S/C22H18FN7OS/c23-14-4-1-5-15(9-14)26-20-16-11-30(21(31)18-12-32-22(24)28-18)8-6-17(16)27-19(29-20)13-3-2-7-25-10-13/h1-5,7,9-10,12H,6,8,11H2,(H2,24,28)(H,26,27,29). The van der Waals surface area contributed by atoms with E-state index in [1.54, 1.807) is 34.8 Å². The number of amides is 1. The first kappa shape index (κ1) is 20.0. The second-order valence-electron chi connectivity index (χ2n) is 7.25. The molecule has 10 heteroatoms. The van der Waals surface area contributed by atoms with E-state index in [1.165, 1.54) is 23.5 Å². The lowest BCUT2D eigenvalue weighted by Crippen LogP contribution is -2.37. The van der Waals surface area contributed by atoms with Crippen LogP contribution in [-0.2, 0) is 13.0 Å². The number of benzene rings is 1. The van der Waals surface area contributed by atoms with Gasteiger partial charge in [-0.2, -0.15) is 0 Å². The number of carbonyl (C=O) groups excluding carboxylic acids is 1. The molecule has 0 atom stereocenters. The molecule has 3 aromatic heterocycles. The van der Waals surface area contributed by atoms with Crippen LogP contribution in [0.4, 0.5) is 21.0 Å². The molecule has 0 saturated heterocycles. The normalized spacial score (nSPS) is 13.0. The van der Waals surface area contributed by atoms with Crippen LogP contribution >= 0.6 is 11.3 Å². The van der Waals surface area contributed by atoms with E-state index in [0.29, 0.717) is 47.7 Å². The quantitative estimate of drug-likeness (QED) is 0.491. The van der Waals surface area contributed by atoms with Gasteiger partial charge in [-0.05, 0) is 30.3 Å². The first-order valence-corrected chi connectivity index (χ1v) is 10.8. The third kappa shape index (κ3) is 4.00. The van der Waals surface area contributed by atoms with Crippen molar-refractivity contribution in [1.82, 2.24) is 24.8 Å². The van der Waals surface area contributed by atoms with Crippen LogP contribution in [-0.4, -0.2) is 37.3 Å². The number of nitrogens with zero attached hydrogens (tertiary/aromatic N) is 5. The number of carbonyl (C=O) groups is 1. The molecular weight excluding hydrogens is 429 g/mol. The second-order valence-corrected chi connectivity index (χ2v) is 8.14. The van der Waals surface area contributed by atoms with Crippen LogP contribution < -0.4 is 11.1 Å². The number of thiazole rings is 1. The third-order valence-corrected chi connectivity index (χ3v) is 5.77. The molecule has 32 heavy (non-hydrogen) atoms. The van der Waals surface area contributed by atoms with Crippen LogP contribution in [0.1, 0.15) is 21.7 Å². The van der Waals surface area contributed by atoms with Gasteiger partial charge in [0.25, 0.3) is 5.91 Å². The molecule has 5 rings (SSSR count). The molecule has 4 aromatic rings. The number of hydrogen-bond acceptors (Lipinski definition) is 8. The van der Waals surface area contributed by atoms with Crippen molar-refractivity contribution in [2.75, 3.05) is 17.6 Å². The second kappa shape index (κ2) is 8.31. The van der Waals surface area contributed by atoms with Gasteiger partial charge in [-0.25, -0.2) is 19.3 Å². The number of halogens is 1. The number of nitrogen functional groups attached to an aromatic ring is 1. The maximum Gasteiger partial charge on any atom is 0.273 e. The van der Waals surface area contributed by atoms with Gasteiger partial charge in [-0.3, -0.25) is 9.78 Å². The van der Waals surface area contributed by atoms with Crippen LogP contribution in [0.2, 0.25) is 0 Å². The van der Waals surface area contributed by atoms with E-state index in [0.717, 1.165) is 16.8 Å². The van der Waals surface area contributed by atoms with E-state index < -0.39 is 0 Å². The molecule has 0 saturated carbocycles. The highest BCUT2D eigenvalue weighted by molar-refractivity contribution is 7.13. The predicted octanol–water partition coefficient (Wildman–Crippen LogP) is 3.66. The number of nitrogens with one attached hydrogen (secondary N) is 1. The van der Waals surface area contributed by atoms with Crippen molar-refractivity contribution in [1.29, 1.82) is 0 Å². The van der Waals surface area contributed by atoms with E-state index in [-0.39, 0.29) is 11.7 Å². The average molecular weight is 447 g/mol. The highest BCUT2D eigenvalue weighted by atomic mass is 32.1. The lowest BCUT2D eigenvalue weighted by Gasteiger charge is -2.29. The maximum absolute atomic E-state index is 13.8. The molecule has 1 amide bonds. The average Bonchev–Trinajstić information content (AvgIpc) is 3.25. The van der Waals surface area contributed by atoms with Crippen molar-refractivity contribution in [3.63, 3.8) is 0 Å². The molecule has 0 radical (unpaired) electrons. The molecule has 4 heterocycles. The summed E-state index contributed by atoms with van der Waals surface area (Å²) in [6, 6.07) is 9.84. The van der Waals surface area contributed by atoms with Gasteiger partial charge in [0, 0.05) is 47.6 Å². The zero-order valence-corrected chi connectivity index (χ0v) is 17.6. The van der Waals surface area contributed by atoms with Crippen LogP contribution in [0.15, 0.2) is 54.2 Å². The third-order valence-electron chi connectivity index (χ3n) is 5.10. The first-order chi connectivity index (χ1) is 15.6. The molecule has 3 N–H and O–H groups in total. The molecule has 0 unspecified atom stereocenters. The monoisotopic (exact) mass is 447 g/mol. The van der Waals surface area contributed by atoms with Crippen molar-refractivity contribution < 1.29 is 9.18 Å². The number of anilines is 3. The van der Waals surface area contributed by atoms with Crippen molar-refractivity contribution >= 4 is 33.9 Å². The highest BCUT2D eigenvalue weighted by Gasteiger charge is 2.27. The van der Waals surface area contributed by atoms with Gasteiger partial charge in [0.1, 0.15) is 17.3 Å². The zero-order valence-electron chi connectivity index (χ0n) is 16.8. The predicted molar refractivity (Wildman–Crippen MR) is 120 cm³/mol. The van der Waals surface area contributed by atoms with Gasteiger partial charge < -0.3 is 16.0 Å². The number of pyridine rings is 1. The molecule has 0 aliphatic carbocycles. The van der Waals surface area contributed by atoms with Crippen molar-refractivity contribution in [2.45, 2.75) is 13.0 Å². The molecule has 1 aromatic carbocycles. The van der Waals surface area contributed by atoms with E-state index in [9.17, 15) is 9.18 Å². The Bertz CT molecular complexity index is 1290. The van der Waals surface area contributed by atoms with Gasteiger partial charge in [-0.15, -0.1) is 11.3 Å². The van der Waals surface area contributed by atoms with Crippen molar-refractivity contribution in [3.8, 4) is 11.4 Å². The summed E-state index contributed by atoms with van der Waals surface area (Å²) < 4.78 is 13.8. The summed E-state index contributed by atoms with van der Waals surface area (Å²) in [5.74, 6) is 0.484. The van der Waals surface area contributed by atoms with Gasteiger partial charge in [-0.1, -0.05) is 6.07 Å². The number of rotatable bonds is 4. The number of hydrogen-bond donors (Lipinski definition) is 2. The molecule has 0 fully saturated rings. The summed E-state index contributed by atoms with van der Waals surface area (Å²) in [5.41, 5.74) is 8.95. The zero-order chi connectivity index (χ0) is 22.1. The molecule has 0 bridgehead atoms. The largest absolute Gasteiger partial charge is 0.375 e. The Labute approximate surface area is 187 Å². The first-order valence-electron chi connectivity index (χ1n) is 9.90. The van der Waals surface area contributed by atoms with Gasteiger partial charge >= 0.3 is 0 Å². The lowest BCUT2D eigenvalue weighted by molar-refractivity contribution is 0.0729. The Hall–Kier alpha value is -3.92. The van der Waals surface area contributed by atoms with E-state index in [4.69, 9.17) is 15.7 Å². The molecule has 8 nitrogen and oxygen atoms in total. The molecular formula is C22H18FN7OS. The number of aromatic nitrogens is 4. The Morgan fingerprint density at radius 1 is 1.19 bits per heavy atom. The summed E-state index contributed by atoms with van der Waals surface area (Å²) in [5, 5.41) is 5.21. The van der Waals surface area contributed by atoms with Gasteiger partial charge in [0.05, 0.1) is 12.2 Å². The van der Waals surface area contributed by atoms with Crippen molar-refractivity contribution in [2.24, 2.45) is 0 Å². The fourth-order valence-electron chi connectivity index (χ4n) is 3.57. The smallest absolute Gasteiger partial charge is 0.273 e. The van der Waals surface area contributed by atoms with Gasteiger partial charge in [0.15, 0.2) is 11.0 Å². The lowest BCUT2D eigenvalue weighted by atomic mass is 10.0. The van der Waals surface area contributed by atoms with Crippen LogP contribution in [0.3, 0.4) is 0 Å². The Morgan fingerprint density at radius 2 is 2.09 bits per heavy atom. The number of nitrogens with two attached hydrogens (primary N) is 1. The fraction of sp³-hybridized carbons (Fsp3) is 0.136. The maximum atomic E-state index is 13.8. The summed E-state index contributed by atoms with van der Waals surface area (Å²) in [7, 11) is 0. The Balaban J connectivity index is 1.53. The summed E-state index contributed by atoms with van der Waals surface area (Å²) in [6.45, 7) is 0.794. The van der Waals surface area contributed by atoms with Gasteiger partial charge in [0.2, 0.25) is 0 Å². The minimum absolute atomic E-state index is 0.198. The SMILES string of the molecule is Nc1nc(C(=O)N2CCc3nc(-c4cccnc4)nc(Nc4cccc(F)c4)c3C2)cs1. The van der Waals surface area contributed by atoms with Crippen molar-refractivity contribution in [3.05, 3.63) is 76.9 Å². The minimum atomic E-state index is -0.358. The Morgan fingerprint density at radius 3 is 2.84 bits per heavy atom. The summed E-state index contributed by atoms with van der Waals surface area (Å²) in [6.07, 6.45) is 3.93. The summed E-state index contributed by atoms with van der Waals surface area (Å²) >= 11 is 1.23. The van der Waals surface area contributed by atoms with Crippen LogP contribution in [0, 0.1) is 5.82 Å².